The molecule has 3 rings (SSSR count). The smallest absolute Gasteiger partial charge is 0.180 e. The number of imidazole rings is 1. The molecule has 0 aliphatic carbocycles. The van der Waals surface area contributed by atoms with Gasteiger partial charge in [0.25, 0.3) is 0 Å². The fraction of sp³-hybridized carbons (Fsp3) is 0.231. The molecule has 2 N–H and O–H groups in total. The first-order valence-corrected chi connectivity index (χ1v) is 7.08. The first kappa shape index (κ1) is 12.0. The molecular weight excluding hydrogens is 258 g/mol. The molecule has 0 bridgehead atoms. The van der Waals surface area contributed by atoms with E-state index in [1.165, 1.54) is 4.88 Å². The summed E-state index contributed by atoms with van der Waals surface area (Å²) in [5.74, 6) is 1.65. The third-order valence-electron chi connectivity index (χ3n) is 2.74. The van der Waals surface area contributed by atoms with Crippen LogP contribution in [-0.4, -0.2) is 20.9 Å². The number of anilines is 2. The number of fused-ring (bicyclic) bond motifs is 1. The van der Waals surface area contributed by atoms with E-state index in [1.54, 1.807) is 17.5 Å². The normalized spacial score (nSPS) is 10.8. The van der Waals surface area contributed by atoms with Crippen molar-refractivity contribution in [2.75, 3.05) is 17.2 Å². The Morgan fingerprint density at radius 1 is 1.37 bits per heavy atom. The highest BCUT2D eigenvalue weighted by molar-refractivity contribution is 7.09. The van der Waals surface area contributed by atoms with Crippen LogP contribution in [0, 0.1) is 0 Å². The molecule has 0 fully saturated rings. The standard InChI is InChI=1S/C13H15N5S/c1-2-14-11-9-18-6-5-15-13(18)12(17-11)16-8-10-4-3-7-19-10/h3-7,9,14H,2,8H2,1H3,(H,16,17). The van der Waals surface area contributed by atoms with Crippen LogP contribution in [0.4, 0.5) is 11.6 Å². The monoisotopic (exact) mass is 273 g/mol. The Bertz CT molecular complexity index is 659. The molecule has 0 atom stereocenters. The maximum Gasteiger partial charge on any atom is 0.180 e. The minimum Gasteiger partial charge on any atom is -0.369 e. The Morgan fingerprint density at radius 3 is 3.11 bits per heavy atom. The number of nitrogens with zero attached hydrogens (tertiary/aromatic N) is 3. The molecular formula is C13H15N5S. The van der Waals surface area contributed by atoms with Crippen LogP contribution in [0.25, 0.3) is 5.65 Å². The van der Waals surface area contributed by atoms with Gasteiger partial charge >= 0.3 is 0 Å². The Hall–Kier alpha value is -2.08. The van der Waals surface area contributed by atoms with Crippen molar-refractivity contribution in [3.05, 3.63) is 41.0 Å². The molecule has 0 radical (unpaired) electrons. The predicted octanol–water partition coefficient (Wildman–Crippen LogP) is 2.83. The SMILES string of the molecule is CCNc1cn2ccnc2c(NCc2cccs2)n1. The van der Waals surface area contributed by atoms with Crippen LogP contribution in [0.3, 0.4) is 0 Å². The van der Waals surface area contributed by atoms with Crippen LogP contribution >= 0.6 is 11.3 Å². The van der Waals surface area contributed by atoms with Crippen LogP contribution in [0.1, 0.15) is 11.8 Å². The van der Waals surface area contributed by atoms with E-state index >= 15 is 0 Å². The van der Waals surface area contributed by atoms with Crippen molar-refractivity contribution in [3.8, 4) is 0 Å². The van der Waals surface area contributed by atoms with Gasteiger partial charge in [0.15, 0.2) is 11.5 Å². The summed E-state index contributed by atoms with van der Waals surface area (Å²) in [6, 6.07) is 4.16. The van der Waals surface area contributed by atoms with Gasteiger partial charge in [0.05, 0.1) is 12.7 Å². The average Bonchev–Trinajstić information content (AvgIpc) is 3.07. The third kappa shape index (κ3) is 2.53. The number of aromatic nitrogens is 3. The van der Waals surface area contributed by atoms with Gasteiger partial charge in [-0.25, -0.2) is 9.97 Å². The molecule has 3 aromatic rings. The minimum absolute atomic E-state index is 0.767. The topological polar surface area (TPSA) is 54.2 Å². The lowest BCUT2D eigenvalue weighted by molar-refractivity contribution is 1.06. The highest BCUT2D eigenvalue weighted by atomic mass is 32.1. The number of rotatable bonds is 5. The van der Waals surface area contributed by atoms with Gasteiger partial charge in [-0.2, -0.15) is 0 Å². The lowest BCUT2D eigenvalue weighted by atomic mass is 10.4. The molecule has 0 saturated carbocycles. The van der Waals surface area contributed by atoms with E-state index in [2.05, 4.69) is 45.0 Å². The summed E-state index contributed by atoms with van der Waals surface area (Å²) in [6.45, 7) is 3.67. The maximum atomic E-state index is 4.56. The largest absolute Gasteiger partial charge is 0.369 e. The highest BCUT2D eigenvalue weighted by Gasteiger charge is 2.07. The lowest BCUT2D eigenvalue weighted by Crippen LogP contribution is -2.07. The van der Waals surface area contributed by atoms with Crippen LogP contribution in [0.2, 0.25) is 0 Å². The molecule has 0 aliphatic rings. The zero-order valence-corrected chi connectivity index (χ0v) is 11.4. The summed E-state index contributed by atoms with van der Waals surface area (Å²) in [7, 11) is 0. The fourth-order valence-corrected chi connectivity index (χ4v) is 2.55. The molecule has 6 heteroatoms. The summed E-state index contributed by atoms with van der Waals surface area (Å²) in [5, 5.41) is 8.65. The first-order chi connectivity index (χ1) is 9.36. The van der Waals surface area contributed by atoms with Gasteiger partial charge < -0.3 is 15.0 Å². The quantitative estimate of drug-likeness (QED) is 0.750. The number of hydrogen-bond acceptors (Lipinski definition) is 5. The number of nitrogens with one attached hydrogen (secondary N) is 2. The van der Waals surface area contributed by atoms with Crippen molar-refractivity contribution in [2.45, 2.75) is 13.5 Å². The Morgan fingerprint density at radius 2 is 2.32 bits per heavy atom. The molecule has 0 aromatic carbocycles. The summed E-state index contributed by atoms with van der Waals surface area (Å²) >= 11 is 1.73. The molecule has 3 aromatic heterocycles. The van der Waals surface area contributed by atoms with Gasteiger partial charge in [-0.3, -0.25) is 0 Å². The van der Waals surface area contributed by atoms with Crippen molar-refractivity contribution in [2.24, 2.45) is 0 Å². The van der Waals surface area contributed by atoms with E-state index in [-0.39, 0.29) is 0 Å². The lowest BCUT2D eigenvalue weighted by Gasteiger charge is -2.09. The molecule has 0 aliphatic heterocycles. The maximum absolute atomic E-state index is 4.56. The van der Waals surface area contributed by atoms with Crippen LogP contribution in [0.15, 0.2) is 36.1 Å². The second-order valence-corrected chi connectivity index (χ2v) is 5.13. The zero-order chi connectivity index (χ0) is 13.1. The van der Waals surface area contributed by atoms with E-state index in [0.29, 0.717) is 0 Å². The van der Waals surface area contributed by atoms with Crippen molar-refractivity contribution in [1.29, 1.82) is 0 Å². The molecule has 98 valence electrons. The molecule has 0 spiro atoms. The molecule has 0 saturated heterocycles. The minimum atomic E-state index is 0.767. The van der Waals surface area contributed by atoms with Gasteiger partial charge in [0, 0.05) is 23.8 Å². The molecule has 5 nitrogen and oxygen atoms in total. The Labute approximate surface area is 115 Å². The van der Waals surface area contributed by atoms with Crippen molar-refractivity contribution < 1.29 is 0 Å². The van der Waals surface area contributed by atoms with Crippen LogP contribution < -0.4 is 10.6 Å². The second kappa shape index (κ2) is 5.27. The number of hydrogen-bond donors (Lipinski definition) is 2. The molecule has 0 unspecified atom stereocenters. The molecule has 0 amide bonds. The third-order valence-corrected chi connectivity index (χ3v) is 3.62. The summed E-state index contributed by atoms with van der Waals surface area (Å²) < 4.78 is 1.97. The molecule has 19 heavy (non-hydrogen) atoms. The van der Waals surface area contributed by atoms with Gasteiger partial charge in [-0.15, -0.1) is 11.3 Å². The van der Waals surface area contributed by atoms with Crippen LogP contribution in [-0.2, 0) is 6.54 Å². The Balaban J connectivity index is 1.89. The predicted molar refractivity (Wildman–Crippen MR) is 78.8 cm³/mol. The summed E-state index contributed by atoms with van der Waals surface area (Å²) in [6.07, 6.45) is 5.65. The highest BCUT2D eigenvalue weighted by Crippen LogP contribution is 2.18. The van der Waals surface area contributed by atoms with E-state index in [0.717, 1.165) is 30.4 Å². The van der Waals surface area contributed by atoms with Crippen molar-refractivity contribution in [3.63, 3.8) is 0 Å². The van der Waals surface area contributed by atoms with Crippen molar-refractivity contribution >= 4 is 28.6 Å². The summed E-state index contributed by atoms with van der Waals surface area (Å²) in [4.78, 5) is 10.2. The van der Waals surface area contributed by atoms with Gasteiger partial charge in [0.2, 0.25) is 0 Å². The van der Waals surface area contributed by atoms with E-state index in [1.807, 2.05) is 16.8 Å². The summed E-state index contributed by atoms with van der Waals surface area (Å²) in [5.41, 5.74) is 0.846. The first-order valence-electron chi connectivity index (χ1n) is 6.20. The van der Waals surface area contributed by atoms with Gasteiger partial charge in [-0.05, 0) is 18.4 Å². The zero-order valence-electron chi connectivity index (χ0n) is 10.6. The van der Waals surface area contributed by atoms with E-state index in [9.17, 15) is 0 Å². The molecule has 3 heterocycles. The number of thiophene rings is 1. The second-order valence-electron chi connectivity index (χ2n) is 4.10. The fourth-order valence-electron chi connectivity index (χ4n) is 1.90. The van der Waals surface area contributed by atoms with Crippen molar-refractivity contribution in [1.82, 2.24) is 14.4 Å². The average molecular weight is 273 g/mol. The van der Waals surface area contributed by atoms with E-state index < -0.39 is 0 Å². The van der Waals surface area contributed by atoms with Crippen LogP contribution in [0.5, 0.6) is 0 Å². The van der Waals surface area contributed by atoms with Gasteiger partial charge in [-0.1, -0.05) is 6.07 Å². The van der Waals surface area contributed by atoms with E-state index in [4.69, 9.17) is 0 Å². The Kier molecular flexibility index (Phi) is 3.33. The van der Waals surface area contributed by atoms with Gasteiger partial charge in [0.1, 0.15) is 5.82 Å².